The number of urea groups is 1. The summed E-state index contributed by atoms with van der Waals surface area (Å²) < 4.78 is 0. The third-order valence-corrected chi connectivity index (χ3v) is 6.78. The molecule has 1 fully saturated rings. The highest BCUT2D eigenvalue weighted by atomic mass is 35.5. The minimum atomic E-state index is -0.826. The molecule has 1 N–H and O–H groups in total. The minimum absolute atomic E-state index is 0.0211. The standard InChI is InChI=1S/C24H23Cl2N3O3/c1-13-12-24(2,3)28(4)20-11-19(26)14(8-17(13)20)9-18-21(30)27-23(32)29(22(18)31)16-7-5-6-15(25)10-16/h5-11,13H,12H2,1-4H3,(H,27,30,32)/b18-9+. The molecule has 2 heterocycles. The Balaban J connectivity index is 1.78. The molecular formula is C24H23Cl2N3O3. The number of carbonyl (C=O) groups is 3. The Bertz CT molecular complexity index is 1190. The summed E-state index contributed by atoms with van der Waals surface area (Å²) in [6.45, 7) is 6.52. The van der Waals surface area contributed by atoms with E-state index >= 15 is 0 Å². The number of amides is 4. The first-order chi connectivity index (χ1) is 15.0. The van der Waals surface area contributed by atoms with Gasteiger partial charge in [0.15, 0.2) is 0 Å². The summed E-state index contributed by atoms with van der Waals surface area (Å²) in [5, 5.41) is 3.00. The second kappa shape index (κ2) is 7.94. The Morgan fingerprint density at radius 1 is 1.12 bits per heavy atom. The monoisotopic (exact) mass is 471 g/mol. The topological polar surface area (TPSA) is 69.7 Å². The van der Waals surface area contributed by atoms with Crippen LogP contribution in [0.25, 0.3) is 6.08 Å². The van der Waals surface area contributed by atoms with Crippen LogP contribution in [0.15, 0.2) is 42.0 Å². The van der Waals surface area contributed by atoms with Crippen LogP contribution in [-0.2, 0) is 9.59 Å². The van der Waals surface area contributed by atoms with Crippen LogP contribution < -0.4 is 15.1 Å². The van der Waals surface area contributed by atoms with Crippen LogP contribution in [0.1, 0.15) is 44.2 Å². The van der Waals surface area contributed by atoms with Crippen molar-refractivity contribution in [3.63, 3.8) is 0 Å². The molecule has 2 aliphatic rings. The number of hydrogen-bond donors (Lipinski definition) is 1. The van der Waals surface area contributed by atoms with Crippen molar-refractivity contribution in [1.82, 2.24) is 5.32 Å². The molecule has 8 heteroatoms. The van der Waals surface area contributed by atoms with Gasteiger partial charge in [-0.3, -0.25) is 14.9 Å². The second-order valence-corrected chi connectivity index (χ2v) is 9.69. The van der Waals surface area contributed by atoms with Crippen molar-refractivity contribution in [3.8, 4) is 0 Å². The third kappa shape index (κ3) is 3.78. The fraction of sp³-hybridized carbons (Fsp3) is 0.292. The zero-order valence-corrected chi connectivity index (χ0v) is 19.7. The highest BCUT2D eigenvalue weighted by molar-refractivity contribution is 6.40. The molecule has 1 atom stereocenters. The predicted molar refractivity (Wildman–Crippen MR) is 127 cm³/mol. The molecule has 2 aliphatic heterocycles. The molecule has 0 aliphatic carbocycles. The largest absolute Gasteiger partial charge is 0.369 e. The van der Waals surface area contributed by atoms with E-state index in [9.17, 15) is 14.4 Å². The maximum absolute atomic E-state index is 13.1. The van der Waals surface area contributed by atoms with Gasteiger partial charge in [0.25, 0.3) is 11.8 Å². The number of halogens is 2. The molecule has 0 radical (unpaired) electrons. The maximum atomic E-state index is 13.1. The first kappa shape index (κ1) is 22.4. The number of carbonyl (C=O) groups excluding carboxylic acids is 3. The molecule has 6 nitrogen and oxygen atoms in total. The molecule has 0 aromatic heterocycles. The lowest BCUT2D eigenvalue weighted by Gasteiger charge is -2.45. The Hall–Kier alpha value is -2.83. The van der Waals surface area contributed by atoms with Gasteiger partial charge >= 0.3 is 6.03 Å². The summed E-state index contributed by atoms with van der Waals surface area (Å²) in [7, 11) is 2.03. The van der Waals surface area contributed by atoms with Gasteiger partial charge in [0.1, 0.15) is 5.57 Å². The van der Waals surface area contributed by atoms with E-state index in [1.165, 1.54) is 12.1 Å². The van der Waals surface area contributed by atoms with Gasteiger partial charge in [0.05, 0.1) is 5.69 Å². The number of nitrogens with one attached hydrogen (secondary N) is 1. The zero-order valence-electron chi connectivity index (χ0n) is 18.2. The van der Waals surface area contributed by atoms with E-state index in [2.05, 4.69) is 31.0 Å². The maximum Gasteiger partial charge on any atom is 0.335 e. The number of imide groups is 2. The number of rotatable bonds is 2. The SMILES string of the molecule is CC1CC(C)(C)N(C)c2cc(Cl)c(/C=C3\C(=O)NC(=O)N(c4cccc(Cl)c4)C3=O)cc21. The highest BCUT2D eigenvalue weighted by Gasteiger charge is 2.38. The van der Waals surface area contributed by atoms with E-state index in [-0.39, 0.29) is 22.7 Å². The van der Waals surface area contributed by atoms with Crippen molar-refractivity contribution in [2.75, 3.05) is 16.8 Å². The summed E-state index contributed by atoms with van der Waals surface area (Å²) in [5.41, 5.74) is 2.73. The van der Waals surface area contributed by atoms with Gasteiger partial charge in [0, 0.05) is 28.3 Å². The number of nitrogens with zero attached hydrogens (tertiary/aromatic N) is 2. The first-order valence-electron chi connectivity index (χ1n) is 10.2. The molecule has 2 aromatic carbocycles. The zero-order chi connectivity index (χ0) is 23.4. The lowest BCUT2D eigenvalue weighted by molar-refractivity contribution is -0.122. The summed E-state index contributed by atoms with van der Waals surface area (Å²) >= 11 is 12.6. The summed E-state index contributed by atoms with van der Waals surface area (Å²) in [4.78, 5) is 41.2. The predicted octanol–water partition coefficient (Wildman–Crippen LogP) is 5.38. The molecule has 166 valence electrons. The minimum Gasteiger partial charge on any atom is -0.369 e. The molecule has 4 amide bonds. The van der Waals surface area contributed by atoms with Crippen LogP contribution in [0.2, 0.25) is 10.0 Å². The molecule has 2 aromatic rings. The van der Waals surface area contributed by atoms with Gasteiger partial charge < -0.3 is 4.90 Å². The summed E-state index contributed by atoms with van der Waals surface area (Å²) in [6, 6.07) is 9.27. The van der Waals surface area contributed by atoms with Crippen molar-refractivity contribution in [1.29, 1.82) is 0 Å². The lowest BCUT2D eigenvalue weighted by Crippen LogP contribution is -2.54. The number of benzene rings is 2. The van der Waals surface area contributed by atoms with Gasteiger partial charge in [-0.15, -0.1) is 0 Å². The normalized spacial score (nSPS) is 21.6. The van der Waals surface area contributed by atoms with Gasteiger partial charge in [-0.25, -0.2) is 9.69 Å². The van der Waals surface area contributed by atoms with Crippen molar-refractivity contribution in [2.45, 2.75) is 38.6 Å². The second-order valence-electron chi connectivity index (χ2n) is 8.85. The van der Waals surface area contributed by atoms with Crippen LogP contribution in [0.5, 0.6) is 0 Å². The molecular weight excluding hydrogens is 449 g/mol. The smallest absolute Gasteiger partial charge is 0.335 e. The Labute approximate surface area is 196 Å². The van der Waals surface area contributed by atoms with E-state index in [0.717, 1.165) is 22.6 Å². The number of fused-ring (bicyclic) bond motifs is 1. The van der Waals surface area contributed by atoms with E-state index in [1.54, 1.807) is 18.2 Å². The van der Waals surface area contributed by atoms with E-state index < -0.39 is 17.8 Å². The van der Waals surface area contributed by atoms with E-state index in [1.807, 2.05) is 19.2 Å². The van der Waals surface area contributed by atoms with Crippen LogP contribution in [0.4, 0.5) is 16.2 Å². The van der Waals surface area contributed by atoms with Crippen molar-refractivity contribution in [3.05, 3.63) is 63.1 Å². The molecule has 32 heavy (non-hydrogen) atoms. The van der Waals surface area contributed by atoms with Gasteiger partial charge in [-0.2, -0.15) is 0 Å². The average Bonchev–Trinajstić information content (AvgIpc) is 2.69. The first-order valence-corrected chi connectivity index (χ1v) is 11.0. The summed E-state index contributed by atoms with van der Waals surface area (Å²) in [5.74, 6) is -1.23. The Morgan fingerprint density at radius 2 is 1.84 bits per heavy atom. The Morgan fingerprint density at radius 3 is 2.53 bits per heavy atom. The quantitative estimate of drug-likeness (QED) is 0.471. The number of anilines is 2. The molecule has 4 rings (SSSR count). The fourth-order valence-corrected chi connectivity index (χ4v) is 4.77. The fourth-order valence-electron chi connectivity index (χ4n) is 4.38. The molecule has 0 bridgehead atoms. The molecule has 1 unspecified atom stereocenters. The van der Waals surface area contributed by atoms with Crippen LogP contribution in [-0.4, -0.2) is 30.4 Å². The van der Waals surface area contributed by atoms with Crippen molar-refractivity contribution >= 4 is 58.5 Å². The van der Waals surface area contributed by atoms with E-state index in [4.69, 9.17) is 23.2 Å². The Kier molecular flexibility index (Phi) is 5.55. The van der Waals surface area contributed by atoms with Crippen LogP contribution in [0, 0.1) is 0 Å². The van der Waals surface area contributed by atoms with Gasteiger partial charge in [0.2, 0.25) is 0 Å². The van der Waals surface area contributed by atoms with Crippen LogP contribution in [0.3, 0.4) is 0 Å². The molecule has 1 saturated heterocycles. The van der Waals surface area contributed by atoms with Gasteiger partial charge in [-0.1, -0.05) is 36.2 Å². The molecule has 0 saturated carbocycles. The average molecular weight is 472 g/mol. The highest BCUT2D eigenvalue weighted by Crippen LogP contribution is 2.44. The summed E-state index contributed by atoms with van der Waals surface area (Å²) in [6.07, 6.45) is 2.39. The molecule has 0 spiro atoms. The van der Waals surface area contributed by atoms with Crippen molar-refractivity contribution < 1.29 is 14.4 Å². The third-order valence-electron chi connectivity index (χ3n) is 6.22. The van der Waals surface area contributed by atoms with Crippen molar-refractivity contribution in [2.24, 2.45) is 0 Å². The lowest BCUT2D eigenvalue weighted by atomic mass is 9.80. The van der Waals surface area contributed by atoms with E-state index in [0.29, 0.717) is 15.6 Å². The van der Waals surface area contributed by atoms with Gasteiger partial charge in [-0.05, 0) is 73.7 Å². The van der Waals surface area contributed by atoms with Crippen LogP contribution >= 0.6 is 23.2 Å². The number of hydrogen-bond acceptors (Lipinski definition) is 4. The number of barbiturate groups is 1.